The van der Waals surface area contributed by atoms with Gasteiger partial charge < -0.3 is 23.2 Å². The number of nitrogens with one attached hydrogen (secondary N) is 1. The van der Waals surface area contributed by atoms with Gasteiger partial charge in [-0.15, -0.1) is 0 Å². The van der Waals surface area contributed by atoms with E-state index >= 15 is 0 Å². The van der Waals surface area contributed by atoms with Crippen molar-refractivity contribution in [2.45, 2.75) is 27.4 Å². The van der Waals surface area contributed by atoms with Gasteiger partial charge in [0.25, 0.3) is 5.69 Å². The molecule has 5 rings (SSSR count). The van der Waals surface area contributed by atoms with Gasteiger partial charge in [0.15, 0.2) is 17.3 Å². The number of carbonyl (C=O) groups excluding carboxylic acids is 1. The van der Waals surface area contributed by atoms with E-state index in [4.69, 9.17) is 30.2 Å². The summed E-state index contributed by atoms with van der Waals surface area (Å²) in [5.41, 5.74) is 6.08. The van der Waals surface area contributed by atoms with Gasteiger partial charge in [0.05, 0.1) is 22.8 Å². The molecule has 0 aliphatic carbocycles. The highest BCUT2D eigenvalue weighted by atomic mass is 35.5. The van der Waals surface area contributed by atoms with Crippen molar-refractivity contribution in [1.82, 2.24) is 15.0 Å². The molecule has 12 nitrogen and oxygen atoms in total. The van der Waals surface area contributed by atoms with Crippen LogP contribution in [0, 0.1) is 24.0 Å². The maximum atomic E-state index is 12.6. The third kappa shape index (κ3) is 7.48. The SMILES string of the molecule is CCOc1cc(/C=N/NC(=O)c2ccc(COc3ccc(-n4c(C)ccc4C)cc3)o2)cc(Cl)c1Oc1ccc([N+](=O)[O-])cn1. The van der Waals surface area contributed by atoms with E-state index in [1.165, 1.54) is 24.4 Å². The van der Waals surface area contributed by atoms with Crippen molar-refractivity contribution in [2.24, 2.45) is 5.10 Å². The van der Waals surface area contributed by atoms with Crippen LogP contribution in [0.2, 0.25) is 5.02 Å². The second-order valence-corrected chi connectivity index (χ2v) is 10.1. The molecule has 3 heterocycles. The summed E-state index contributed by atoms with van der Waals surface area (Å²) in [6.45, 7) is 6.34. The van der Waals surface area contributed by atoms with Crippen LogP contribution in [-0.2, 0) is 6.61 Å². The Morgan fingerprint density at radius 2 is 1.82 bits per heavy atom. The summed E-state index contributed by atoms with van der Waals surface area (Å²) in [6, 6.07) is 20.8. The molecule has 230 valence electrons. The molecule has 0 fully saturated rings. The number of hydrogen-bond donors (Lipinski definition) is 1. The van der Waals surface area contributed by atoms with E-state index in [2.05, 4.69) is 46.1 Å². The lowest BCUT2D eigenvalue weighted by Gasteiger charge is -2.13. The second-order valence-electron chi connectivity index (χ2n) is 9.68. The van der Waals surface area contributed by atoms with Crippen molar-refractivity contribution in [3.63, 3.8) is 0 Å². The number of pyridine rings is 1. The number of hydrogen-bond acceptors (Lipinski definition) is 9. The lowest BCUT2D eigenvalue weighted by molar-refractivity contribution is -0.385. The Kier molecular flexibility index (Phi) is 9.44. The molecule has 1 amide bonds. The molecule has 0 unspecified atom stereocenters. The van der Waals surface area contributed by atoms with Crippen LogP contribution in [0.5, 0.6) is 23.1 Å². The van der Waals surface area contributed by atoms with Crippen LogP contribution in [0.25, 0.3) is 5.69 Å². The topological polar surface area (TPSA) is 143 Å². The number of halogens is 1. The Labute approximate surface area is 263 Å². The highest BCUT2D eigenvalue weighted by Crippen LogP contribution is 2.39. The number of nitrogens with zero attached hydrogens (tertiary/aromatic N) is 4. The van der Waals surface area contributed by atoms with Gasteiger partial charge in [0.1, 0.15) is 24.3 Å². The van der Waals surface area contributed by atoms with Crippen molar-refractivity contribution in [2.75, 3.05) is 6.61 Å². The van der Waals surface area contributed by atoms with E-state index in [-0.39, 0.29) is 40.5 Å². The monoisotopic (exact) mass is 629 g/mol. The zero-order valence-corrected chi connectivity index (χ0v) is 25.3. The van der Waals surface area contributed by atoms with Crippen LogP contribution in [0.15, 0.2) is 88.5 Å². The first-order valence-electron chi connectivity index (χ1n) is 13.8. The maximum Gasteiger partial charge on any atom is 0.307 e. The predicted molar refractivity (Wildman–Crippen MR) is 167 cm³/mol. The smallest absolute Gasteiger partial charge is 0.307 e. The van der Waals surface area contributed by atoms with Crippen LogP contribution in [0.3, 0.4) is 0 Å². The van der Waals surface area contributed by atoms with E-state index < -0.39 is 10.8 Å². The Hall–Kier alpha value is -5.62. The van der Waals surface area contributed by atoms with Gasteiger partial charge in [0, 0.05) is 29.2 Å². The van der Waals surface area contributed by atoms with Crippen LogP contribution >= 0.6 is 11.6 Å². The fourth-order valence-electron chi connectivity index (χ4n) is 4.39. The van der Waals surface area contributed by atoms with Crippen molar-refractivity contribution in [1.29, 1.82) is 0 Å². The third-order valence-electron chi connectivity index (χ3n) is 6.48. The number of nitro groups is 1. The first-order valence-corrected chi connectivity index (χ1v) is 14.1. The molecule has 0 atom stereocenters. The summed E-state index contributed by atoms with van der Waals surface area (Å²) < 4.78 is 25.0. The van der Waals surface area contributed by atoms with Gasteiger partial charge in [-0.25, -0.2) is 10.4 Å². The number of ether oxygens (including phenoxy) is 3. The third-order valence-corrected chi connectivity index (χ3v) is 6.76. The zero-order valence-electron chi connectivity index (χ0n) is 24.5. The van der Waals surface area contributed by atoms with E-state index in [9.17, 15) is 14.9 Å². The quantitative estimate of drug-likeness (QED) is 0.0868. The Morgan fingerprint density at radius 1 is 1.07 bits per heavy atom. The van der Waals surface area contributed by atoms with E-state index in [0.717, 1.165) is 23.3 Å². The van der Waals surface area contributed by atoms with E-state index in [1.54, 1.807) is 25.1 Å². The Balaban J connectivity index is 1.17. The molecule has 0 saturated heterocycles. The number of benzene rings is 2. The van der Waals surface area contributed by atoms with Gasteiger partial charge in [-0.3, -0.25) is 14.9 Å². The Morgan fingerprint density at radius 3 is 2.49 bits per heavy atom. The lowest BCUT2D eigenvalue weighted by Crippen LogP contribution is -2.16. The Bertz CT molecular complexity index is 1830. The molecule has 0 radical (unpaired) electrons. The molecular formula is C32H28ClN5O7. The largest absolute Gasteiger partial charge is 0.490 e. The summed E-state index contributed by atoms with van der Waals surface area (Å²) in [5.74, 6) is 1.20. The van der Waals surface area contributed by atoms with Crippen LogP contribution in [-0.4, -0.2) is 33.2 Å². The summed E-state index contributed by atoms with van der Waals surface area (Å²) in [5, 5.41) is 15.0. The average Bonchev–Trinajstić information content (AvgIpc) is 3.64. The molecule has 45 heavy (non-hydrogen) atoms. The molecule has 2 aromatic carbocycles. The minimum absolute atomic E-state index is 0.0621. The van der Waals surface area contributed by atoms with Crippen molar-refractivity contribution >= 4 is 29.4 Å². The number of hydrazone groups is 1. The van der Waals surface area contributed by atoms with Crippen LogP contribution < -0.4 is 19.6 Å². The van der Waals surface area contributed by atoms with E-state index in [1.807, 2.05) is 24.3 Å². The molecule has 0 spiro atoms. The highest BCUT2D eigenvalue weighted by Gasteiger charge is 2.16. The minimum atomic E-state index is -0.560. The maximum absolute atomic E-state index is 12.6. The number of aryl methyl sites for hydroxylation is 2. The molecular weight excluding hydrogens is 602 g/mol. The fourth-order valence-corrected chi connectivity index (χ4v) is 4.65. The standard InChI is InChI=1S/C32H28ClN5O7/c1-4-42-29-16-22(15-27(33)31(29)45-30-14-9-24(18-34-30)38(40)41)17-35-36-32(39)28-13-12-26(44-28)19-43-25-10-7-23(8-11-25)37-20(2)5-6-21(37)3/h5-18H,4,19H2,1-3H3,(H,36,39)/b35-17+. The molecule has 0 aliphatic rings. The summed E-state index contributed by atoms with van der Waals surface area (Å²) >= 11 is 6.44. The molecule has 3 aromatic heterocycles. The summed E-state index contributed by atoms with van der Waals surface area (Å²) in [6.07, 6.45) is 2.46. The minimum Gasteiger partial charge on any atom is -0.490 e. The molecule has 5 aromatic rings. The molecule has 13 heteroatoms. The van der Waals surface area contributed by atoms with Crippen molar-refractivity contribution in [3.05, 3.63) is 123 Å². The predicted octanol–water partition coefficient (Wildman–Crippen LogP) is 7.18. The first kappa shape index (κ1) is 30.8. The van der Waals surface area contributed by atoms with Gasteiger partial charge in [0.2, 0.25) is 5.88 Å². The van der Waals surface area contributed by atoms with Crippen molar-refractivity contribution < 1.29 is 28.3 Å². The fraction of sp³-hybridized carbons (Fsp3) is 0.156. The first-order chi connectivity index (χ1) is 21.7. The second kappa shape index (κ2) is 13.8. The number of amides is 1. The number of furan rings is 1. The zero-order chi connectivity index (χ0) is 31.9. The summed E-state index contributed by atoms with van der Waals surface area (Å²) in [7, 11) is 0. The van der Waals surface area contributed by atoms with Gasteiger partial charge in [-0.05, 0) is 87.0 Å². The van der Waals surface area contributed by atoms with E-state index in [0.29, 0.717) is 23.7 Å². The van der Waals surface area contributed by atoms with Crippen molar-refractivity contribution in [3.8, 4) is 28.8 Å². The van der Waals surface area contributed by atoms with Crippen LogP contribution in [0.1, 0.15) is 40.2 Å². The van der Waals surface area contributed by atoms with Gasteiger partial charge in [-0.1, -0.05) is 11.6 Å². The number of rotatable bonds is 12. The average molecular weight is 630 g/mol. The normalized spacial score (nSPS) is 11.0. The van der Waals surface area contributed by atoms with Gasteiger partial charge >= 0.3 is 5.91 Å². The summed E-state index contributed by atoms with van der Waals surface area (Å²) in [4.78, 5) is 26.9. The molecule has 0 saturated carbocycles. The number of aromatic nitrogens is 2. The molecule has 1 N–H and O–H groups in total. The van der Waals surface area contributed by atoms with Gasteiger partial charge in [-0.2, -0.15) is 5.10 Å². The highest BCUT2D eigenvalue weighted by molar-refractivity contribution is 6.32. The lowest BCUT2D eigenvalue weighted by atomic mass is 10.2. The molecule has 0 aliphatic heterocycles. The van der Waals surface area contributed by atoms with Crippen LogP contribution in [0.4, 0.5) is 5.69 Å². The molecule has 0 bridgehead atoms. The number of carbonyl (C=O) groups is 1.